The Morgan fingerprint density at radius 1 is 1.18 bits per heavy atom. The van der Waals surface area contributed by atoms with E-state index >= 15 is 0 Å². The van der Waals surface area contributed by atoms with Gasteiger partial charge in [0.2, 0.25) is 0 Å². The van der Waals surface area contributed by atoms with Crippen molar-refractivity contribution in [1.29, 1.82) is 0 Å². The van der Waals surface area contributed by atoms with E-state index in [2.05, 4.69) is 9.97 Å². The Morgan fingerprint density at radius 2 is 1.91 bits per heavy atom. The van der Waals surface area contributed by atoms with Crippen molar-refractivity contribution in [3.63, 3.8) is 0 Å². The van der Waals surface area contributed by atoms with E-state index in [0.717, 1.165) is 17.5 Å². The number of likely N-dealkylation sites (tertiary alicyclic amines) is 1. The van der Waals surface area contributed by atoms with Crippen molar-refractivity contribution < 1.29 is 4.90 Å². The van der Waals surface area contributed by atoms with Crippen molar-refractivity contribution in [3.8, 4) is 0 Å². The van der Waals surface area contributed by atoms with E-state index in [9.17, 15) is 9.59 Å². The Morgan fingerprint density at radius 3 is 2.64 bits per heavy atom. The molecule has 0 spiro atoms. The largest absolute Gasteiger partial charge is 0.334 e. The van der Waals surface area contributed by atoms with E-state index in [1.54, 1.807) is 28.3 Å². The molecule has 0 saturated carbocycles. The standard InChI is InChI=1S/C14H21N5O2S/c1-17-10-11(18(2)13(21)16-12(10)20)15-14(17)22-9-8-19-6-4-3-5-7-19/h3-9H2,1-2H3,(H,16,20,21)/p+1. The van der Waals surface area contributed by atoms with Crippen LogP contribution in [0.2, 0.25) is 0 Å². The Balaban J connectivity index is 1.78. The zero-order valence-electron chi connectivity index (χ0n) is 13.0. The van der Waals surface area contributed by atoms with Gasteiger partial charge < -0.3 is 9.47 Å². The monoisotopic (exact) mass is 324 g/mol. The first kappa shape index (κ1) is 15.4. The number of aryl methyl sites for hydroxylation is 2. The van der Waals surface area contributed by atoms with Crippen molar-refractivity contribution in [2.45, 2.75) is 24.4 Å². The predicted octanol–water partition coefficient (Wildman–Crippen LogP) is -0.879. The van der Waals surface area contributed by atoms with Crippen LogP contribution >= 0.6 is 11.8 Å². The fraction of sp³-hybridized carbons (Fsp3) is 0.643. The Bertz CT molecular complexity index is 785. The average molecular weight is 324 g/mol. The smallest absolute Gasteiger partial charge is 0.329 e. The van der Waals surface area contributed by atoms with E-state index in [0.29, 0.717) is 11.2 Å². The molecule has 3 heterocycles. The van der Waals surface area contributed by atoms with Gasteiger partial charge in [0.15, 0.2) is 16.3 Å². The Kier molecular flexibility index (Phi) is 4.39. The predicted molar refractivity (Wildman–Crippen MR) is 86.7 cm³/mol. The number of imidazole rings is 1. The van der Waals surface area contributed by atoms with Gasteiger partial charge >= 0.3 is 5.69 Å². The van der Waals surface area contributed by atoms with Gasteiger partial charge in [-0.05, 0) is 19.3 Å². The summed E-state index contributed by atoms with van der Waals surface area (Å²) in [5.74, 6) is 0.971. The third kappa shape index (κ3) is 2.85. The maximum absolute atomic E-state index is 12.0. The van der Waals surface area contributed by atoms with Crippen LogP contribution in [0.15, 0.2) is 14.7 Å². The molecule has 0 aromatic carbocycles. The highest BCUT2D eigenvalue weighted by Gasteiger charge is 2.17. The molecule has 0 aliphatic carbocycles. The minimum Gasteiger partial charge on any atom is -0.334 e. The molecule has 0 atom stereocenters. The molecule has 0 amide bonds. The van der Waals surface area contributed by atoms with Crippen molar-refractivity contribution in [2.75, 3.05) is 25.4 Å². The molecule has 2 aromatic heterocycles. The summed E-state index contributed by atoms with van der Waals surface area (Å²) in [5, 5.41) is 0.790. The second kappa shape index (κ2) is 6.29. The molecule has 0 bridgehead atoms. The molecule has 1 saturated heterocycles. The lowest BCUT2D eigenvalue weighted by Gasteiger charge is -2.23. The van der Waals surface area contributed by atoms with Gasteiger partial charge in [0, 0.05) is 14.1 Å². The summed E-state index contributed by atoms with van der Waals surface area (Å²) < 4.78 is 3.17. The molecule has 22 heavy (non-hydrogen) atoms. The molecular weight excluding hydrogens is 302 g/mol. The maximum atomic E-state index is 12.0. The minimum absolute atomic E-state index is 0.374. The van der Waals surface area contributed by atoms with E-state index in [-0.39, 0.29) is 5.56 Å². The number of aromatic nitrogens is 4. The van der Waals surface area contributed by atoms with Gasteiger partial charge in [0.05, 0.1) is 25.4 Å². The molecule has 2 aromatic rings. The van der Waals surface area contributed by atoms with Gasteiger partial charge in [0.1, 0.15) is 0 Å². The zero-order valence-corrected chi connectivity index (χ0v) is 13.8. The van der Waals surface area contributed by atoms with Gasteiger partial charge in [-0.1, -0.05) is 11.8 Å². The van der Waals surface area contributed by atoms with Crippen LogP contribution < -0.4 is 16.1 Å². The molecule has 3 rings (SSSR count). The van der Waals surface area contributed by atoms with E-state index in [1.807, 2.05) is 7.05 Å². The second-order valence-electron chi connectivity index (χ2n) is 5.85. The molecule has 8 heteroatoms. The number of quaternary nitrogens is 1. The van der Waals surface area contributed by atoms with Gasteiger partial charge in [-0.3, -0.25) is 14.3 Å². The lowest BCUT2D eigenvalue weighted by molar-refractivity contribution is -0.902. The Hall–Kier alpha value is -1.54. The lowest BCUT2D eigenvalue weighted by atomic mass is 10.1. The molecular formula is C14H22N5O2S+. The first-order valence-corrected chi connectivity index (χ1v) is 8.68. The van der Waals surface area contributed by atoms with Crippen molar-refractivity contribution >= 4 is 22.9 Å². The average Bonchev–Trinajstić information content (AvgIpc) is 2.84. The number of thioether (sulfide) groups is 1. The number of hydrogen-bond donors (Lipinski definition) is 2. The topological polar surface area (TPSA) is 77.1 Å². The van der Waals surface area contributed by atoms with Gasteiger partial charge in [-0.2, -0.15) is 0 Å². The molecule has 1 fully saturated rings. The lowest BCUT2D eigenvalue weighted by Crippen LogP contribution is -3.13. The summed E-state index contributed by atoms with van der Waals surface area (Å²) in [5.41, 5.74) is 0.102. The van der Waals surface area contributed by atoms with Gasteiger partial charge in [-0.25, -0.2) is 9.78 Å². The normalized spacial score (nSPS) is 16.5. The Labute approximate surface area is 132 Å². The highest BCUT2D eigenvalue weighted by molar-refractivity contribution is 7.99. The van der Waals surface area contributed by atoms with Crippen LogP contribution in [0.4, 0.5) is 0 Å². The number of hydrogen-bond acceptors (Lipinski definition) is 4. The van der Waals surface area contributed by atoms with Crippen molar-refractivity contribution in [2.24, 2.45) is 14.1 Å². The number of nitrogens with zero attached hydrogens (tertiary/aromatic N) is 3. The summed E-state index contributed by atoms with van der Waals surface area (Å²) in [6, 6.07) is 0. The van der Waals surface area contributed by atoms with Crippen LogP contribution in [0, 0.1) is 0 Å². The number of piperidine rings is 1. The zero-order chi connectivity index (χ0) is 15.7. The van der Waals surface area contributed by atoms with Gasteiger partial charge in [0.25, 0.3) is 5.56 Å². The van der Waals surface area contributed by atoms with Crippen LogP contribution in [-0.4, -0.2) is 44.5 Å². The van der Waals surface area contributed by atoms with Crippen LogP contribution in [0.5, 0.6) is 0 Å². The summed E-state index contributed by atoms with van der Waals surface area (Å²) in [4.78, 5) is 32.1. The first-order chi connectivity index (χ1) is 10.6. The molecule has 120 valence electrons. The third-order valence-corrected chi connectivity index (χ3v) is 5.37. The molecule has 0 radical (unpaired) electrons. The van der Waals surface area contributed by atoms with Gasteiger partial charge in [-0.15, -0.1) is 0 Å². The third-order valence-electron chi connectivity index (χ3n) is 4.34. The van der Waals surface area contributed by atoms with Crippen LogP contribution in [0.3, 0.4) is 0 Å². The SMILES string of the molecule is Cn1c(SCC[NH+]2CCCCC2)nc2c1c(=O)[nH]c(=O)n2C. The quantitative estimate of drug-likeness (QED) is 0.716. The first-order valence-electron chi connectivity index (χ1n) is 7.70. The van der Waals surface area contributed by atoms with Crippen LogP contribution in [-0.2, 0) is 14.1 Å². The molecule has 0 unspecified atom stereocenters. The second-order valence-corrected chi connectivity index (χ2v) is 6.92. The summed E-state index contributed by atoms with van der Waals surface area (Å²) >= 11 is 1.65. The molecule has 1 aliphatic rings. The summed E-state index contributed by atoms with van der Waals surface area (Å²) in [6.07, 6.45) is 4.01. The van der Waals surface area contributed by atoms with E-state index < -0.39 is 5.69 Å². The van der Waals surface area contributed by atoms with E-state index in [4.69, 9.17) is 0 Å². The number of rotatable bonds is 4. The molecule has 1 aliphatic heterocycles. The fourth-order valence-electron chi connectivity index (χ4n) is 3.01. The van der Waals surface area contributed by atoms with Crippen molar-refractivity contribution in [1.82, 2.24) is 19.1 Å². The molecule has 7 nitrogen and oxygen atoms in total. The number of nitrogens with one attached hydrogen (secondary N) is 2. The minimum atomic E-state index is -0.426. The fourth-order valence-corrected chi connectivity index (χ4v) is 4.02. The summed E-state index contributed by atoms with van der Waals surface area (Å²) in [6.45, 7) is 3.64. The van der Waals surface area contributed by atoms with Crippen LogP contribution in [0.25, 0.3) is 11.2 Å². The highest BCUT2D eigenvalue weighted by atomic mass is 32.2. The van der Waals surface area contributed by atoms with Crippen molar-refractivity contribution in [3.05, 3.63) is 20.8 Å². The number of aromatic amines is 1. The maximum Gasteiger partial charge on any atom is 0.329 e. The van der Waals surface area contributed by atoms with Crippen LogP contribution in [0.1, 0.15) is 19.3 Å². The number of fused-ring (bicyclic) bond motifs is 1. The molecule has 2 N–H and O–H groups in total. The highest BCUT2D eigenvalue weighted by Crippen LogP contribution is 2.19. The summed E-state index contributed by atoms with van der Waals surface area (Å²) in [7, 11) is 3.45. The van der Waals surface area contributed by atoms with E-state index in [1.165, 1.54) is 36.9 Å². The number of H-pyrrole nitrogens is 1.